The molecule has 0 aliphatic heterocycles. The van der Waals surface area contributed by atoms with Crippen molar-refractivity contribution in [1.29, 1.82) is 0 Å². The summed E-state index contributed by atoms with van der Waals surface area (Å²) in [6, 6.07) is 8.21. The number of nitrogens with two attached hydrogens (primary N) is 1. The maximum atomic E-state index is 6.32. The molecule has 2 aliphatic rings. The van der Waals surface area contributed by atoms with Crippen LogP contribution in [0.3, 0.4) is 0 Å². The molecule has 2 fully saturated rings. The maximum absolute atomic E-state index is 6.32. The molecule has 1 aromatic heterocycles. The molecule has 3 heteroatoms. The van der Waals surface area contributed by atoms with Gasteiger partial charge in [0, 0.05) is 6.04 Å². The molecule has 1 heterocycles. The van der Waals surface area contributed by atoms with Crippen molar-refractivity contribution in [2.24, 2.45) is 17.6 Å². The first-order valence-corrected chi connectivity index (χ1v) is 6.44. The number of para-hydroxylation sites is 2. The molecule has 4 unspecified atom stereocenters. The van der Waals surface area contributed by atoms with Gasteiger partial charge in [-0.3, -0.25) is 0 Å². The van der Waals surface area contributed by atoms with Crippen molar-refractivity contribution >= 4 is 11.1 Å². The molecular weight excluding hydrogens is 212 g/mol. The van der Waals surface area contributed by atoms with Crippen LogP contribution in [0.4, 0.5) is 0 Å². The average Bonchev–Trinajstić information content (AvgIpc) is 3.00. The summed E-state index contributed by atoms with van der Waals surface area (Å²) in [5, 5.41) is 0. The summed E-state index contributed by atoms with van der Waals surface area (Å²) in [7, 11) is 0. The van der Waals surface area contributed by atoms with Crippen molar-refractivity contribution in [2.45, 2.75) is 31.2 Å². The fourth-order valence-electron chi connectivity index (χ4n) is 3.73. The highest BCUT2D eigenvalue weighted by molar-refractivity contribution is 5.72. The first-order chi connectivity index (χ1) is 8.33. The van der Waals surface area contributed by atoms with E-state index in [1.807, 2.05) is 24.3 Å². The predicted molar refractivity (Wildman–Crippen MR) is 65.6 cm³/mol. The lowest BCUT2D eigenvalue weighted by atomic mass is 9.85. The molecule has 4 rings (SSSR count). The standard InChI is InChI=1S/C14H16N2O/c15-13-9-6-5-8(7-9)12(13)14-16-10-3-1-2-4-11(10)17-14/h1-4,8-9,12-13H,5-7,15H2. The first-order valence-electron chi connectivity index (χ1n) is 6.44. The van der Waals surface area contributed by atoms with Gasteiger partial charge in [-0.05, 0) is 43.2 Å². The van der Waals surface area contributed by atoms with Crippen LogP contribution in [-0.2, 0) is 0 Å². The highest BCUT2D eigenvalue weighted by Crippen LogP contribution is 2.52. The largest absolute Gasteiger partial charge is 0.440 e. The van der Waals surface area contributed by atoms with Crippen molar-refractivity contribution in [3.63, 3.8) is 0 Å². The second-order valence-electron chi connectivity index (χ2n) is 5.46. The summed E-state index contributed by atoms with van der Waals surface area (Å²) >= 11 is 0. The Balaban J connectivity index is 1.79. The van der Waals surface area contributed by atoms with Gasteiger partial charge in [0.05, 0.1) is 5.92 Å². The predicted octanol–water partition coefficient (Wildman–Crippen LogP) is 2.67. The minimum absolute atomic E-state index is 0.252. The second-order valence-corrected chi connectivity index (χ2v) is 5.46. The Morgan fingerprint density at radius 3 is 2.76 bits per heavy atom. The van der Waals surface area contributed by atoms with Gasteiger partial charge >= 0.3 is 0 Å². The lowest BCUT2D eigenvalue weighted by Gasteiger charge is -2.25. The van der Waals surface area contributed by atoms with Crippen LogP contribution >= 0.6 is 0 Å². The summed E-state index contributed by atoms with van der Waals surface area (Å²) in [5.74, 6) is 2.61. The normalized spacial score (nSPS) is 35.8. The monoisotopic (exact) mass is 228 g/mol. The van der Waals surface area contributed by atoms with E-state index in [1.54, 1.807) is 0 Å². The molecular formula is C14H16N2O. The van der Waals surface area contributed by atoms with Crippen molar-refractivity contribution < 1.29 is 4.42 Å². The van der Waals surface area contributed by atoms with Gasteiger partial charge in [-0.25, -0.2) is 4.98 Å². The molecule has 2 N–H and O–H groups in total. The van der Waals surface area contributed by atoms with Crippen LogP contribution in [0, 0.1) is 11.8 Å². The van der Waals surface area contributed by atoms with Gasteiger partial charge in [-0.2, -0.15) is 0 Å². The molecule has 0 spiro atoms. The zero-order valence-electron chi connectivity index (χ0n) is 9.67. The van der Waals surface area contributed by atoms with E-state index in [2.05, 4.69) is 4.98 Å². The molecule has 2 aromatic rings. The Kier molecular flexibility index (Phi) is 1.89. The van der Waals surface area contributed by atoms with E-state index in [9.17, 15) is 0 Å². The van der Waals surface area contributed by atoms with Crippen molar-refractivity contribution in [1.82, 2.24) is 4.98 Å². The van der Waals surface area contributed by atoms with Crippen LogP contribution in [0.5, 0.6) is 0 Å². The molecule has 1 aromatic carbocycles. The third-order valence-corrected chi connectivity index (χ3v) is 4.58. The molecule has 88 valence electrons. The second kappa shape index (κ2) is 3.33. The Labute approximate surface area is 100 Å². The Bertz CT molecular complexity index is 527. The summed E-state index contributed by atoms with van der Waals surface area (Å²) in [4.78, 5) is 4.62. The van der Waals surface area contributed by atoms with Crippen LogP contribution in [-0.4, -0.2) is 11.0 Å². The minimum Gasteiger partial charge on any atom is -0.440 e. The van der Waals surface area contributed by atoms with E-state index in [-0.39, 0.29) is 6.04 Å². The van der Waals surface area contributed by atoms with Gasteiger partial charge in [0.2, 0.25) is 0 Å². The highest BCUT2D eigenvalue weighted by atomic mass is 16.3. The SMILES string of the molecule is NC1C2CCC(C2)C1c1nc2ccccc2o1. The van der Waals surface area contributed by atoms with Gasteiger partial charge in [-0.15, -0.1) is 0 Å². The molecule has 2 saturated carbocycles. The Morgan fingerprint density at radius 2 is 2.00 bits per heavy atom. The van der Waals surface area contributed by atoms with Gasteiger partial charge < -0.3 is 10.2 Å². The molecule has 3 nitrogen and oxygen atoms in total. The zero-order chi connectivity index (χ0) is 11.4. The van der Waals surface area contributed by atoms with E-state index < -0.39 is 0 Å². The summed E-state index contributed by atoms with van der Waals surface area (Å²) in [6.45, 7) is 0. The summed E-state index contributed by atoms with van der Waals surface area (Å²) in [5.41, 5.74) is 8.16. The molecule has 0 saturated heterocycles. The lowest BCUT2D eigenvalue weighted by molar-refractivity contribution is 0.317. The van der Waals surface area contributed by atoms with Gasteiger partial charge in [-0.1, -0.05) is 12.1 Å². The van der Waals surface area contributed by atoms with E-state index in [0.29, 0.717) is 17.8 Å². The number of hydrogen-bond donors (Lipinski definition) is 1. The van der Waals surface area contributed by atoms with Gasteiger partial charge in [0.25, 0.3) is 0 Å². The number of fused-ring (bicyclic) bond motifs is 3. The highest BCUT2D eigenvalue weighted by Gasteiger charge is 2.48. The van der Waals surface area contributed by atoms with Crippen LogP contribution in [0.2, 0.25) is 0 Å². The van der Waals surface area contributed by atoms with Crippen LogP contribution < -0.4 is 5.73 Å². The van der Waals surface area contributed by atoms with E-state index >= 15 is 0 Å². The van der Waals surface area contributed by atoms with Crippen molar-refractivity contribution in [3.05, 3.63) is 30.2 Å². The first kappa shape index (κ1) is 9.66. The Morgan fingerprint density at radius 1 is 1.18 bits per heavy atom. The molecule has 0 amide bonds. The minimum atomic E-state index is 0.252. The van der Waals surface area contributed by atoms with Gasteiger partial charge in [0.15, 0.2) is 11.5 Å². The Hall–Kier alpha value is -1.35. The van der Waals surface area contributed by atoms with E-state index in [0.717, 1.165) is 17.0 Å². The summed E-state index contributed by atoms with van der Waals surface area (Å²) < 4.78 is 5.88. The van der Waals surface area contributed by atoms with E-state index in [4.69, 9.17) is 10.2 Å². The number of aromatic nitrogens is 1. The maximum Gasteiger partial charge on any atom is 0.200 e. The van der Waals surface area contributed by atoms with Crippen molar-refractivity contribution in [3.8, 4) is 0 Å². The smallest absolute Gasteiger partial charge is 0.200 e. The molecule has 0 radical (unpaired) electrons. The third kappa shape index (κ3) is 1.29. The number of hydrogen-bond acceptors (Lipinski definition) is 3. The van der Waals surface area contributed by atoms with Crippen molar-refractivity contribution in [2.75, 3.05) is 0 Å². The zero-order valence-corrected chi connectivity index (χ0v) is 9.67. The fourth-order valence-corrected chi connectivity index (χ4v) is 3.73. The number of oxazole rings is 1. The molecule has 2 bridgehead atoms. The van der Waals surface area contributed by atoms with Gasteiger partial charge in [0.1, 0.15) is 5.52 Å². The molecule has 17 heavy (non-hydrogen) atoms. The number of nitrogens with zero attached hydrogens (tertiary/aromatic N) is 1. The van der Waals surface area contributed by atoms with E-state index in [1.165, 1.54) is 19.3 Å². The average molecular weight is 228 g/mol. The number of benzene rings is 1. The van der Waals surface area contributed by atoms with Crippen LogP contribution in [0.1, 0.15) is 31.1 Å². The summed E-state index contributed by atoms with van der Waals surface area (Å²) in [6.07, 6.45) is 3.86. The van der Waals surface area contributed by atoms with Crippen LogP contribution in [0.15, 0.2) is 28.7 Å². The molecule has 4 atom stereocenters. The fraction of sp³-hybridized carbons (Fsp3) is 0.500. The number of rotatable bonds is 1. The quantitative estimate of drug-likeness (QED) is 0.816. The molecule has 2 aliphatic carbocycles. The topological polar surface area (TPSA) is 52.0 Å². The third-order valence-electron chi connectivity index (χ3n) is 4.58. The lowest BCUT2D eigenvalue weighted by Crippen LogP contribution is -2.34. The van der Waals surface area contributed by atoms with Crippen LogP contribution in [0.25, 0.3) is 11.1 Å².